The van der Waals surface area contributed by atoms with Gasteiger partial charge in [-0.05, 0) is 38.6 Å². The van der Waals surface area contributed by atoms with Crippen molar-refractivity contribution in [1.29, 1.82) is 0 Å². The fourth-order valence-electron chi connectivity index (χ4n) is 2.86. The van der Waals surface area contributed by atoms with Gasteiger partial charge >= 0.3 is 0 Å². The lowest BCUT2D eigenvalue weighted by Crippen LogP contribution is -2.40. The monoisotopic (exact) mass is 344 g/mol. The third-order valence-electron chi connectivity index (χ3n) is 3.91. The molecule has 0 saturated carbocycles. The van der Waals surface area contributed by atoms with Gasteiger partial charge in [-0.2, -0.15) is 0 Å². The molecule has 0 amide bonds. The maximum absolute atomic E-state index is 6.34. The van der Waals surface area contributed by atoms with Gasteiger partial charge < -0.3 is 9.80 Å². The highest BCUT2D eigenvalue weighted by molar-refractivity contribution is 9.08. The van der Waals surface area contributed by atoms with Crippen molar-refractivity contribution >= 4 is 33.2 Å². The van der Waals surface area contributed by atoms with Crippen molar-refractivity contribution in [2.24, 2.45) is 0 Å². The van der Waals surface area contributed by atoms with Gasteiger partial charge in [-0.25, -0.2) is 0 Å². The van der Waals surface area contributed by atoms with Crippen LogP contribution in [0.4, 0.5) is 5.69 Å². The largest absolute Gasteiger partial charge is 0.367 e. The molecule has 1 unspecified atom stereocenters. The van der Waals surface area contributed by atoms with Crippen LogP contribution in [-0.2, 0) is 5.33 Å². The molecule has 0 spiro atoms. The van der Waals surface area contributed by atoms with E-state index in [-0.39, 0.29) is 0 Å². The van der Waals surface area contributed by atoms with Crippen molar-refractivity contribution in [3.05, 3.63) is 28.8 Å². The lowest BCUT2D eigenvalue weighted by atomic mass is 10.1. The fourth-order valence-corrected chi connectivity index (χ4v) is 3.85. The standard InChI is InChI=1S/C15H22BrClN2/c1-3-12-11-18(2)8-5-9-19(12)15-7-4-6-14(17)13(15)10-16/h4,6-7,12H,3,5,8-11H2,1-2H3. The van der Waals surface area contributed by atoms with E-state index in [0.29, 0.717) is 6.04 Å². The van der Waals surface area contributed by atoms with Crippen molar-refractivity contribution in [3.63, 3.8) is 0 Å². The molecule has 1 atom stereocenters. The predicted octanol–water partition coefficient (Wildman–Crippen LogP) is 4.16. The van der Waals surface area contributed by atoms with Crippen molar-refractivity contribution in [2.45, 2.75) is 31.1 Å². The van der Waals surface area contributed by atoms with Crippen LogP contribution in [0.5, 0.6) is 0 Å². The Morgan fingerprint density at radius 1 is 1.37 bits per heavy atom. The zero-order valence-corrected chi connectivity index (χ0v) is 14.0. The second-order valence-electron chi connectivity index (χ2n) is 5.24. The molecule has 2 rings (SSSR count). The summed E-state index contributed by atoms with van der Waals surface area (Å²) in [6.45, 7) is 5.69. The summed E-state index contributed by atoms with van der Waals surface area (Å²) in [6, 6.07) is 6.82. The Kier molecular flexibility index (Phi) is 5.55. The first kappa shape index (κ1) is 15.1. The molecule has 2 nitrogen and oxygen atoms in total. The number of hydrogen-bond donors (Lipinski definition) is 0. The van der Waals surface area contributed by atoms with Gasteiger partial charge in [-0.3, -0.25) is 0 Å². The molecule has 1 saturated heterocycles. The minimum atomic E-state index is 0.573. The number of hydrogen-bond acceptors (Lipinski definition) is 2. The third-order valence-corrected chi connectivity index (χ3v) is 4.83. The van der Waals surface area contributed by atoms with E-state index in [2.05, 4.69) is 51.8 Å². The third kappa shape index (κ3) is 3.45. The highest BCUT2D eigenvalue weighted by atomic mass is 79.9. The Hall–Kier alpha value is -0.250. The molecule has 106 valence electrons. The van der Waals surface area contributed by atoms with Crippen LogP contribution in [0.15, 0.2) is 18.2 Å². The van der Waals surface area contributed by atoms with Gasteiger partial charge in [0.1, 0.15) is 0 Å². The quantitative estimate of drug-likeness (QED) is 0.759. The highest BCUT2D eigenvalue weighted by Crippen LogP contribution is 2.32. The summed E-state index contributed by atoms with van der Waals surface area (Å²) in [7, 11) is 2.22. The summed E-state index contributed by atoms with van der Waals surface area (Å²) < 4.78 is 0. The van der Waals surface area contributed by atoms with E-state index >= 15 is 0 Å². The molecule has 0 aromatic heterocycles. The van der Waals surface area contributed by atoms with Crippen LogP contribution in [0.2, 0.25) is 5.02 Å². The lowest BCUT2D eigenvalue weighted by Gasteiger charge is -2.33. The zero-order valence-electron chi connectivity index (χ0n) is 11.7. The molecule has 1 heterocycles. The predicted molar refractivity (Wildman–Crippen MR) is 87.6 cm³/mol. The molecular weight excluding hydrogens is 324 g/mol. The van der Waals surface area contributed by atoms with E-state index in [1.165, 1.54) is 30.6 Å². The number of benzene rings is 1. The Balaban J connectivity index is 2.35. The van der Waals surface area contributed by atoms with Crippen LogP contribution >= 0.6 is 27.5 Å². The summed E-state index contributed by atoms with van der Waals surface area (Å²) in [5.74, 6) is 0. The summed E-state index contributed by atoms with van der Waals surface area (Å²) >= 11 is 9.92. The Labute approximate surface area is 129 Å². The minimum Gasteiger partial charge on any atom is -0.367 e. The average Bonchev–Trinajstić information content (AvgIpc) is 2.59. The molecule has 0 N–H and O–H groups in total. The van der Waals surface area contributed by atoms with E-state index in [1.807, 2.05) is 6.07 Å². The van der Waals surface area contributed by atoms with E-state index < -0.39 is 0 Å². The van der Waals surface area contributed by atoms with Gasteiger partial charge in [0, 0.05) is 40.7 Å². The SMILES string of the molecule is CCC1CN(C)CCCN1c1cccc(Cl)c1CBr. The van der Waals surface area contributed by atoms with Crippen molar-refractivity contribution in [2.75, 3.05) is 31.6 Å². The molecule has 1 fully saturated rings. The van der Waals surface area contributed by atoms with E-state index in [0.717, 1.165) is 23.4 Å². The first-order chi connectivity index (χ1) is 9.17. The van der Waals surface area contributed by atoms with Crippen LogP contribution in [0, 0.1) is 0 Å². The van der Waals surface area contributed by atoms with Gasteiger partial charge in [-0.15, -0.1) is 0 Å². The van der Waals surface area contributed by atoms with E-state index in [4.69, 9.17) is 11.6 Å². The van der Waals surface area contributed by atoms with Crippen molar-refractivity contribution < 1.29 is 0 Å². The number of halogens is 2. The van der Waals surface area contributed by atoms with Crippen LogP contribution in [0.3, 0.4) is 0 Å². The summed E-state index contributed by atoms with van der Waals surface area (Å²) in [4.78, 5) is 4.98. The number of anilines is 1. The Morgan fingerprint density at radius 3 is 2.84 bits per heavy atom. The molecule has 0 radical (unpaired) electrons. The Bertz CT molecular complexity index is 425. The van der Waals surface area contributed by atoms with E-state index in [1.54, 1.807) is 0 Å². The number of nitrogens with zero attached hydrogens (tertiary/aromatic N) is 2. The number of likely N-dealkylation sites (N-methyl/N-ethyl adjacent to an activating group) is 1. The molecule has 1 aromatic carbocycles. The van der Waals surface area contributed by atoms with Crippen molar-refractivity contribution in [1.82, 2.24) is 4.90 Å². The molecule has 1 aliphatic heterocycles. The fraction of sp³-hybridized carbons (Fsp3) is 0.600. The van der Waals surface area contributed by atoms with Gasteiger partial charge in [0.25, 0.3) is 0 Å². The normalized spacial score (nSPS) is 21.5. The molecule has 0 bridgehead atoms. The van der Waals surface area contributed by atoms with Gasteiger partial charge in [0.15, 0.2) is 0 Å². The second-order valence-corrected chi connectivity index (χ2v) is 6.21. The van der Waals surface area contributed by atoms with Crippen LogP contribution < -0.4 is 4.90 Å². The molecule has 0 aliphatic carbocycles. The average molecular weight is 346 g/mol. The smallest absolute Gasteiger partial charge is 0.0467 e. The van der Waals surface area contributed by atoms with Gasteiger partial charge in [-0.1, -0.05) is 40.5 Å². The highest BCUT2D eigenvalue weighted by Gasteiger charge is 2.24. The molecular formula is C15H22BrClN2. The second kappa shape index (κ2) is 6.96. The van der Waals surface area contributed by atoms with Gasteiger partial charge in [0.2, 0.25) is 0 Å². The molecule has 4 heteroatoms. The van der Waals surface area contributed by atoms with Crippen LogP contribution in [0.25, 0.3) is 0 Å². The van der Waals surface area contributed by atoms with Crippen LogP contribution in [0.1, 0.15) is 25.3 Å². The molecule has 19 heavy (non-hydrogen) atoms. The first-order valence-corrected chi connectivity index (χ1v) is 8.45. The molecule has 1 aliphatic rings. The summed E-state index contributed by atoms with van der Waals surface area (Å²) in [5, 5.41) is 1.67. The zero-order chi connectivity index (χ0) is 13.8. The first-order valence-electron chi connectivity index (χ1n) is 6.96. The summed E-state index contributed by atoms with van der Waals surface area (Å²) in [5.41, 5.74) is 2.51. The maximum atomic E-state index is 6.34. The Morgan fingerprint density at radius 2 is 2.16 bits per heavy atom. The minimum absolute atomic E-state index is 0.573. The number of rotatable bonds is 3. The van der Waals surface area contributed by atoms with Gasteiger partial charge in [0.05, 0.1) is 0 Å². The van der Waals surface area contributed by atoms with E-state index in [9.17, 15) is 0 Å². The van der Waals surface area contributed by atoms with Crippen molar-refractivity contribution in [3.8, 4) is 0 Å². The topological polar surface area (TPSA) is 6.48 Å². The summed E-state index contributed by atoms with van der Waals surface area (Å²) in [6.07, 6.45) is 2.37. The molecule has 1 aromatic rings. The van der Waals surface area contributed by atoms with Crippen LogP contribution in [-0.4, -0.2) is 37.6 Å². The maximum Gasteiger partial charge on any atom is 0.0467 e. The lowest BCUT2D eigenvalue weighted by molar-refractivity contribution is 0.328. The number of alkyl halides is 1.